The number of aliphatic imine (C=N–C) groups is 1. The van der Waals surface area contributed by atoms with Gasteiger partial charge in [0.25, 0.3) is 5.91 Å². The summed E-state index contributed by atoms with van der Waals surface area (Å²) in [7, 11) is 0. The molecule has 0 bridgehead atoms. The van der Waals surface area contributed by atoms with Gasteiger partial charge in [-0.05, 0) is 12.5 Å². The van der Waals surface area contributed by atoms with Gasteiger partial charge < -0.3 is 15.7 Å². The minimum Gasteiger partial charge on any atom is -0.481 e. The van der Waals surface area contributed by atoms with E-state index in [-0.39, 0.29) is 0 Å². The number of para-hydroxylation sites is 1. The number of nitrogens with zero attached hydrogens (tertiary/aromatic N) is 1. The predicted octanol–water partition coefficient (Wildman–Crippen LogP) is 5.04. The first-order valence-corrected chi connectivity index (χ1v) is 11.8. The lowest BCUT2D eigenvalue weighted by atomic mass is 9.98. The van der Waals surface area contributed by atoms with Gasteiger partial charge in [0.2, 0.25) is 12.1 Å². The Balaban J connectivity index is 0.000000585. The van der Waals surface area contributed by atoms with E-state index in [1.54, 1.807) is 54.6 Å². The van der Waals surface area contributed by atoms with Crippen LogP contribution in [0.25, 0.3) is 0 Å². The molecule has 0 spiro atoms. The van der Waals surface area contributed by atoms with Crippen LogP contribution in [-0.4, -0.2) is 40.9 Å². The molecule has 0 aromatic heterocycles. The maximum absolute atomic E-state index is 12.7. The second-order valence-electron chi connectivity index (χ2n) is 8.39. The fourth-order valence-electron chi connectivity index (χ4n) is 3.69. The van der Waals surface area contributed by atoms with Gasteiger partial charge in [0.05, 0.1) is 17.8 Å². The quantitative estimate of drug-likeness (QED) is 0.402. The molecule has 38 heavy (non-hydrogen) atoms. The molecule has 0 fully saturated rings. The van der Waals surface area contributed by atoms with Crippen molar-refractivity contribution in [2.45, 2.75) is 31.6 Å². The molecule has 198 valence electrons. The number of rotatable bonds is 7. The molecular weight excluding hydrogens is 499 g/mol. The Morgan fingerprint density at radius 2 is 1.47 bits per heavy atom. The maximum atomic E-state index is 12.7. The smallest absolute Gasteiger partial charge is 0.389 e. The molecule has 2 amide bonds. The normalized spacial score (nSPS) is 15.4. The Bertz CT molecular complexity index is 1240. The number of carboxylic acids is 1. The molecule has 1 aliphatic rings. The molecule has 0 radical (unpaired) electrons. The van der Waals surface area contributed by atoms with Gasteiger partial charge >= 0.3 is 12.1 Å². The second-order valence-corrected chi connectivity index (χ2v) is 8.39. The SMILES string of the molecule is O=C(O)CC(CCC(F)(F)F)C(=O)NC1N=C(c2ccccc2)c2ccccc2NC1=O.c1ccccc1. The number of hydrogen-bond acceptors (Lipinski definition) is 4. The van der Waals surface area contributed by atoms with Crippen molar-refractivity contribution < 1.29 is 32.7 Å². The Kier molecular flexibility index (Phi) is 9.75. The lowest BCUT2D eigenvalue weighted by Crippen LogP contribution is -2.45. The molecule has 3 N–H and O–H groups in total. The van der Waals surface area contributed by atoms with Gasteiger partial charge in [0.1, 0.15) is 0 Å². The molecule has 1 aliphatic heterocycles. The topological polar surface area (TPSA) is 108 Å². The van der Waals surface area contributed by atoms with Crippen LogP contribution in [-0.2, 0) is 14.4 Å². The van der Waals surface area contributed by atoms with Crippen molar-refractivity contribution in [3.05, 3.63) is 102 Å². The molecule has 0 saturated carbocycles. The molecule has 4 rings (SSSR count). The van der Waals surface area contributed by atoms with E-state index in [2.05, 4.69) is 15.6 Å². The lowest BCUT2D eigenvalue weighted by Gasteiger charge is -2.19. The number of aliphatic carboxylic acids is 1. The average molecular weight is 526 g/mol. The summed E-state index contributed by atoms with van der Waals surface area (Å²) in [5, 5.41) is 14.0. The number of nitrogens with one attached hydrogen (secondary N) is 2. The van der Waals surface area contributed by atoms with Crippen LogP contribution >= 0.6 is 0 Å². The molecule has 3 aromatic rings. The summed E-state index contributed by atoms with van der Waals surface area (Å²) in [4.78, 5) is 40.8. The van der Waals surface area contributed by atoms with E-state index < -0.39 is 55.3 Å². The number of anilines is 1. The second kappa shape index (κ2) is 13.2. The summed E-state index contributed by atoms with van der Waals surface area (Å²) in [6, 6.07) is 27.7. The zero-order valence-corrected chi connectivity index (χ0v) is 20.2. The minimum absolute atomic E-state index is 0.398. The molecule has 1 heterocycles. The van der Waals surface area contributed by atoms with Gasteiger partial charge in [0.15, 0.2) is 0 Å². The first-order valence-electron chi connectivity index (χ1n) is 11.8. The summed E-state index contributed by atoms with van der Waals surface area (Å²) >= 11 is 0. The van der Waals surface area contributed by atoms with Crippen molar-refractivity contribution in [2.24, 2.45) is 10.9 Å². The molecule has 3 aromatic carbocycles. The third kappa shape index (κ3) is 8.58. The fourth-order valence-corrected chi connectivity index (χ4v) is 3.69. The minimum atomic E-state index is -4.54. The summed E-state index contributed by atoms with van der Waals surface area (Å²) in [5.41, 5.74) is 2.11. The summed E-state index contributed by atoms with van der Waals surface area (Å²) < 4.78 is 37.8. The monoisotopic (exact) mass is 525 g/mol. The number of amides is 2. The molecule has 7 nitrogen and oxygen atoms in total. The molecule has 2 unspecified atom stereocenters. The summed E-state index contributed by atoms with van der Waals surface area (Å²) in [6.45, 7) is 0. The van der Waals surface area contributed by atoms with Crippen molar-refractivity contribution in [3.63, 3.8) is 0 Å². The predicted molar refractivity (Wildman–Crippen MR) is 137 cm³/mol. The van der Waals surface area contributed by atoms with Crippen molar-refractivity contribution in [2.75, 3.05) is 5.32 Å². The zero-order chi connectivity index (χ0) is 27.5. The lowest BCUT2D eigenvalue weighted by molar-refractivity contribution is -0.148. The summed E-state index contributed by atoms with van der Waals surface area (Å²) in [5.74, 6) is -4.57. The number of fused-ring (bicyclic) bond motifs is 1. The Morgan fingerprint density at radius 1 is 0.921 bits per heavy atom. The van der Waals surface area contributed by atoms with Crippen molar-refractivity contribution >= 4 is 29.2 Å². The van der Waals surface area contributed by atoms with Crippen molar-refractivity contribution in [1.29, 1.82) is 0 Å². The van der Waals surface area contributed by atoms with Crippen LogP contribution in [0.3, 0.4) is 0 Å². The third-order valence-electron chi connectivity index (χ3n) is 5.51. The van der Waals surface area contributed by atoms with E-state index in [0.29, 0.717) is 22.5 Å². The number of carbonyl (C=O) groups excluding carboxylic acids is 2. The van der Waals surface area contributed by atoms with Crippen molar-refractivity contribution in [3.8, 4) is 0 Å². The first-order chi connectivity index (χ1) is 18.1. The van der Waals surface area contributed by atoms with E-state index in [0.717, 1.165) is 0 Å². The number of benzodiazepines with no additional fused rings is 1. The van der Waals surface area contributed by atoms with Crippen LogP contribution in [0, 0.1) is 5.92 Å². The number of benzene rings is 3. The van der Waals surface area contributed by atoms with Gasteiger partial charge in [-0.2, -0.15) is 13.2 Å². The Hall–Kier alpha value is -4.47. The molecule has 2 atom stereocenters. The van der Waals surface area contributed by atoms with Gasteiger partial charge in [0, 0.05) is 23.5 Å². The van der Waals surface area contributed by atoms with Gasteiger partial charge in [-0.15, -0.1) is 0 Å². The number of halogens is 3. The van der Waals surface area contributed by atoms with E-state index in [1.807, 2.05) is 36.4 Å². The highest BCUT2D eigenvalue weighted by molar-refractivity contribution is 6.19. The van der Waals surface area contributed by atoms with E-state index >= 15 is 0 Å². The van der Waals surface area contributed by atoms with Gasteiger partial charge in [-0.25, -0.2) is 4.99 Å². The first kappa shape index (κ1) is 28.1. The van der Waals surface area contributed by atoms with Crippen LogP contribution in [0.5, 0.6) is 0 Å². The number of carboxylic acid groups (broad SMARTS) is 1. The highest BCUT2D eigenvalue weighted by Crippen LogP contribution is 2.27. The van der Waals surface area contributed by atoms with Crippen LogP contribution in [0.4, 0.5) is 18.9 Å². The molecule has 10 heteroatoms. The standard InChI is InChI=1S/C22H20F3N3O4.C6H6/c23-22(24,25)11-10-14(12-17(29)30)20(31)28-19-21(32)26-16-9-5-4-8-15(16)18(27-19)13-6-2-1-3-7-13;1-2-4-6-5-3-1/h1-9,14,19H,10-12H2,(H,26,32)(H,28,31)(H,29,30);1-6H. The Morgan fingerprint density at radius 3 is 2.05 bits per heavy atom. The molecule has 0 saturated heterocycles. The number of alkyl halides is 3. The van der Waals surface area contributed by atoms with E-state index in [9.17, 15) is 27.6 Å². The summed E-state index contributed by atoms with van der Waals surface area (Å²) in [6.07, 6.45) is -8.83. The molecular formula is C28H26F3N3O4. The van der Waals surface area contributed by atoms with E-state index in [4.69, 9.17) is 5.11 Å². The van der Waals surface area contributed by atoms with Crippen LogP contribution in [0.15, 0.2) is 96.0 Å². The Labute approximate surface area is 217 Å². The van der Waals surface area contributed by atoms with Gasteiger partial charge in [-0.3, -0.25) is 14.4 Å². The highest BCUT2D eigenvalue weighted by atomic mass is 19.4. The van der Waals surface area contributed by atoms with Gasteiger partial charge in [-0.1, -0.05) is 84.9 Å². The zero-order valence-electron chi connectivity index (χ0n) is 20.2. The largest absolute Gasteiger partial charge is 0.481 e. The number of hydrogen-bond donors (Lipinski definition) is 3. The third-order valence-corrected chi connectivity index (χ3v) is 5.51. The van der Waals surface area contributed by atoms with Crippen LogP contribution < -0.4 is 10.6 Å². The van der Waals surface area contributed by atoms with Crippen molar-refractivity contribution in [1.82, 2.24) is 5.32 Å². The fraction of sp³-hybridized carbons (Fsp3) is 0.214. The van der Waals surface area contributed by atoms with Crippen LogP contribution in [0.2, 0.25) is 0 Å². The molecule has 0 aliphatic carbocycles. The van der Waals surface area contributed by atoms with E-state index in [1.165, 1.54) is 0 Å². The average Bonchev–Trinajstić information content (AvgIpc) is 3.04. The number of carbonyl (C=O) groups is 3. The highest BCUT2D eigenvalue weighted by Gasteiger charge is 2.34. The van der Waals surface area contributed by atoms with Crippen LogP contribution in [0.1, 0.15) is 30.4 Å². The maximum Gasteiger partial charge on any atom is 0.389 e.